The Morgan fingerprint density at radius 1 is 1.27 bits per heavy atom. The van der Waals surface area contributed by atoms with Crippen LogP contribution in [-0.4, -0.2) is 36.8 Å². The van der Waals surface area contributed by atoms with E-state index in [0.29, 0.717) is 0 Å². The molecule has 1 saturated heterocycles. The van der Waals surface area contributed by atoms with Crippen LogP contribution < -0.4 is 0 Å². The Morgan fingerprint density at radius 2 is 1.82 bits per heavy atom. The predicted octanol–water partition coefficient (Wildman–Crippen LogP) is 2.75. The van der Waals surface area contributed by atoms with Crippen LogP contribution in [0.3, 0.4) is 0 Å². The Bertz CT molecular complexity index is 114. The average Bonchev–Trinajstić information content (AvgIpc) is 2.05. The van der Waals surface area contributed by atoms with Gasteiger partial charge in [-0.25, -0.2) is 0 Å². The number of halogens is 3. The summed E-state index contributed by atoms with van der Waals surface area (Å²) in [5, 5.41) is 0. The fourth-order valence-electron chi connectivity index (χ4n) is 1.01. The predicted molar refractivity (Wildman–Crippen MR) is 75.7 cm³/mol. The molecule has 1 fully saturated rings. The summed E-state index contributed by atoms with van der Waals surface area (Å²) < 4.78 is 6.54. The molecular formula is C6H13I3N2. The fourth-order valence-corrected chi connectivity index (χ4v) is 6.33. The van der Waals surface area contributed by atoms with Gasteiger partial charge in [-0.2, -0.15) is 0 Å². The van der Waals surface area contributed by atoms with Gasteiger partial charge in [-0.05, 0) is 0 Å². The number of hydrogen-bond donors (Lipinski definition) is 0. The van der Waals surface area contributed by atoms with E-state index >= 15 is 0 Å². The number of piperazine rings is 1. The van der Waals surface area contributed by atoms with E-state index in [1.165, 1.54) is 30.6 Å². The molecule has 5 heteroatoms. The maximum absolute atomic E-state index is 2.72. The standard InChI is InChI=1S/C6H13I3N2/c1-2-9(7)11-5-3-10(8)4-6-11/h2-6H2,1H3. The number of nitrogens with zero attached hydrogens (tertiary/aromatic N) is 2. The maximum atomic E-state index is 2.72. The van der Waals surface area contributed by atoms with Crippen molar-refractivity contribution in [2.75, 3.05) is 30.6 Å². The van der Waals surface area contributed by atoms with E-state index < -0.39 is 16.1 Å². The molecule has 1 aliphatic heterocycles. The first kappa shape index (κ1) is 11.2. The summed E-state index contributed by atoms with van der Waals surface area (Å²) in [6.45, 7) is 7.47. The molecule has 0 bridgehead atoms. The molecule has 0 spiro atoms. The van der Waals surface area contributed by atoms with Crippen LogP contribution in [0.15, 0.2) is 0 Å². The molecule has 68 valence electrons. The molecule has 1 heterocycles. The molecule has 2 nitrogen and oxygen atoms in total. The molecule has 0 atom stereocenters. The second-order valence-electron chi connectivity index (χ2n) is 2.37. The summed E-state index contributed by atoms with van der Waals surface area (Å²) in [6.07, 6.45) is 0. The zero-order chi connectivity index (χ0) is 8.27. The van der Waals surface area contributed by atoms with Crippen molar-refractivity contribution < 1.29 is 0 Å². The summed E-state index contributed by atoms with van der Waals surface area (Å²) in [6, 6.07) is 0. The van der Waals surface area contributed by atoms with Gasteiger partial charge in [0.15, 0.2) is 0 Å². The monoisotopic (exact) mass is 494 g/mol. The Hall–Kier alpha value is 2.11. The second kappa shape index (κ2) is 5.76. The Kier molecular flexibility index (Phi) is 5.86. The molecule has 0 radical (unpaired) electrons. The summed E-state index contributed by atoms with van der Waals surface area (Å²) in [4.78, 5) is 0. The zero-order valence-electron chi connectivity index (χ0n) is 6.56. The van der Waals surface area contributed by atoms with Gasteiger partial charge in [0, 0.05) is 0 Å². The van der Waals surface area contributed by atoms with E-state index in [4.69, 9.17) is 0 Å². The summed E-state index contributed by atoms with van der Waals surface area (Å²) >= 11 is 4.44. The van der Waals surface area contributed by atoms with Gasteiger partial charge in [-0.3, -0.25) is 0 Å². The third kappa shape index (κ3) is 3.77. The molecule has 0 amide bonds. The van der Waals surface area contributed by atoms with Crippen molar-refractivity contribution in [2.24, 2.45) is 0 Å². The minimum absolute atomic E-state index is 0.678. The zero-order valence-corrected chi connectivity index (χ0v) is 13.0. The molecule has 1 aliphatic rings. The van der Waals surface area contributed by atoms with Gasteiger partial charge < -0.3 is 0 Å². The third-order valence-corrected chi connectivity index (χ3v) is 13.6. The minimum atomic E-state index is -0.678. The molecule has 1 rings (SSSR count). The average molecular weight is 494 g/mol. The SMILES string of the molecule is CCI(I)N1CCN(I)CC1. The molecule has 0 aromatic rings. The Balaban J connectivity index is 2.27. The molecule has 0 N–H and O–H groups in total. The van der Waals surface area contributed by atoms with Gasteiger partial charge in [0.25, 0.3) is 0 Å². The first-order chi connectivity index (χ1) is 5.24. The third-order valence-electron chi connectivity index (χ3n) is 1.65. The van der Waals surface area contributed by atoms with Crippen molar-refractivity contribution in [1.82, 2.24) is 6.23 Å². The van der Waals surface area contributed by atoms with Crippen molar-refractivity contribution in [1.29, 1.82) is 0 Å². The molecular weight excluding hydrogens is 481 g/mol. The number of alkyl halides is 1. The summed E-state index contributed by atoms with van der Waals surface area (Å²) in [7, 11) is 0. The molecule has 0 aromatic carbocycles. The van der Waals surface area contributed by atoms with Crippen LogP contribution in [-0.2, 0) is 0 Å². The Morgan fingerprint density at radius 3 is 2.27 bits per heavy atom. The van der Waals surface area contributed by atoms with Gasteiger partial charge in [-0.15, -0.1) is 0 Å². The molecule has 0 unspecified atom stereocenters. The van der Waals surface area contributed by atoms with E-state index in [-0.39, 0.29) is 0 Å². The quantitative estimate of drug-likeness (QED) is 0.332. The van der Waals surface area contributed by atoms with E-state index in [9.17, 15) is 0 Å². The van der Waals surface area contributed by atoms with Crippen molar-refractivity contribution >= 4 is 57.6 Å². The topological polar surface area (TPSA) is 6.48 Å². The van der Waals surface area contributed by atoms with Crippen molar-refractivity contribution in [3.63, 3.8) is 0 Å². The normalized spacial score (nSPS) is 23.7. The van der Waals surface area contributed by atoms with Crippen LogP contribution in [0.2, 0.25) is 0 Å². The van der Waals surface area contributed by atoms with Crippen LogP contribution in [0.25, 0.3) is 0 Å². The van der Waals surface area contributed by atoms with Gasteiger partial charge in [0.1, 0.15) is 0 Å². The first-order valence-corrected chi connectivity index (χ1v) is 13.5. The van der Waals surface area contributed by atoms with Gasteiger partial charge in [0.2, 0.25) is 0 Å². The van der Waals surface area contributed by atoms with Crippen molar-refractivity contribution in [3.8, 4) is 0 Å². The van der Waals surface area contributed by atoms with Gasteiger partial charge in [0.05, 0.1) is 0 Å². The summed E-state index contributed by atoms with van der Waals surface area (Å²) in [5.41, 5.74) is 0. The van der Waals surface area contributed by atoms with Crippen LogP contribution in [0.5, 0.6) is 0 Å². The molecule has 0 aromatic heterocycles. The van der Waals surface area contributed by atoms with E-state index in [1.807, 2.05) is 0 Å². The van der Waals surface area contributed by atoms with E-state index in [2.05, 4.69) is 54.6 Å². The van der Waals surface area contributed by atoms with Crippen LogP contribution in [0.1, 0.15) is 6.92 Å². The summed E-state index contributed by atoms with van der Waals surface area (Å²) in [5.74, 6) is 0. The van der Waals surface area contributed by atoms with Gasteiger partial charge in [-0.1, -0.05) is 0 Å². The van der Waals surface area contributed by atoms with Crippen molar-refractivity contribution in [3.05, 3.63) is 0 Å². The fraction of sp³-hybridized carbons (Fsp3) is 1.00. The number of rotatable bonds is 2. The molecule has 11 heavy (non-hydrogen) atoms. The van der Waals surface area contributed by atoms with Gasteiger partial charge >= 0.3 is 101 Å². The first-order valence-electron chi connectivity index (χ1n) is 3.72. The van der Waals surface area contributed by atoms with Crippen LogP contribution in [0, 0.1) is 0 Å². The van der Waals surface area contributed by atoms with Crippen LogP contribution >= 0.6 is 57.6 Å². The van der Waals surface area contributed by atoms with E-state index in [1.54, 1.807) is 0 Å². The Labute approximate surface area is 99.9 Å². The number of hydrogen-bond acceptors (Lipinski definition) is 2. The molecule has 0 aliphatic carbocycles. The molecule has 0 saturated carbocycles. The van der Waals surface area contributed by atoms with E-state index in [0.717, 1.165) is 0 Å². The van der Waals surface area contributed by atoms with Crippen molar-refractivity contribution in [2.45, 2.75) is 6.92 Å². The second-order valence-corrected chi connectivity index (χ2v) is 14.6. The van der Waals surface area contributed by atoms with Crippen LogP contribution in [0.4, 0.5) is 0 Å².